The van der Waals surface area contributed by atoms with Crippen molar-refractivity contribution in [1.29, 1.82) is 0 Å². The van der Waals surface area contributed by atoms with Crippen LogP contribution < -0.4 is 11.3 Å². The quantitative estimate of drug-likeness (QED) is 0.310. The van der Waals surface area contributed by atoms with Crippen LogP contribution in [0.3, 0.4) is 0 Å². The van der Waals surface area contributed by atoms with Gasteiger partial charge in [0.2, 0.25) is 5.95 Å². The highest BCUT2D eigenvalue weighted by molar-refractivity contribution is 7.46. The van der Waals surface area contributed by atoms with Gasteiger partial charge in [0.15, 0.2) is 17.4 Å². The fraction of sp³-hybridized carbons (Fsp3) is 0.500. The summed E-state index contributed by atoms with van der Waals surface area (Å²) in [5.74, 6) is -0.177. The first-order chi connectivity index (χ1) is 11.2. The van der Waals surface area contributed by atoms with Gasteiger partial charge in [0.1, 0.15) is 18.3 Å². The summed E-state index contributed by atoms with van der Waals surface area (Å²) in [5, 5.41) is 20.1. The number of hydrogen-bond acceptors (Lipinski definition) is 9. The van der Waals surface area contributed by atoms with Crippen molar-refractivity contribution < 1.29 is 33.8 Å². The highest BCUT2D eigenvalue weighted by atomic mass is 31.2. The molecule has 7 N–H and O–H groups in total. The molecule has 0 amide bonds. The molecule has 13 nitrogen and oxygen atoms in total. The van der Waals surface area contributed by atoms with E-state index in [-0.39, 0.29) is 17.1 Å². The summed E-state index contributed by atoms with van der Waals surface area (Å²) in [6.45, 7) is -0.651. The first kappa shape index (κ1) is 17.0. The Morgan fingerprint density at radius 2 is 2.12 bits per heavy atom. The van der Waals surface area contributed by atoms with Gasteiger partial charge >= 0.3 is 7.82 Å². The smallest absolute Gasteiger partial charge is 0.387 e. The van der Waals surface area contributed by atoms with Gasteiger partial charge in [-0.15, -0.1) is 0 Å². The molecule has 0 bridgehead atoms. The van der Waals surface area contributed by atoms with Crippen LogP contribution in [0.25, 0.3) is 11.2 Å². The van der Waals surface area contributed by atoms with E-state index in [0.29, 0.717) is 0 Å². The summed E-state index contributed by atoms with van der Waals surface area (Å²) >= 11 is 0. The molecule has 1 saturated heterocycles. The number of fused-ring (bicyclic) bond motifs is 1. The molecule has 24 heavy (non-hydrogen) atoms. The topological polar surface area (TPSA) is 206 Å². The van der Waals surface area contributed by atoms with Gasteiger partial charge in [0.05, 0.1) is 12.9 Å². The maximum absolute atomic E-state index is 11.7. The molecule has 3 heterocycles. The van der Waals surface area contributed by atoms with E-state index >= 15 is 0 Å². The van der Waals surface area contributed by atoms with Crippen LogP contribution in [-0.2, 0) is 13.8 Å². The molecular weight excluding hydrogens is 351 g/mol. The summed E-state index contributed by atoms with van der Waals surface area (Å²) in [5.41, 5.74) is 4.84. The van der Waals surface area contributed by atoms with Crippen LogP contribution in [0.1, 0.15) is 6.23 Å². The number of phosphoric acid groups is 1. The molecule has 2 aromatic rings. The lowest BCUT2D eigenvalue weighted by molar-refractivity contribution is -0.0503. The Morgan fingerprint density at radius 3 is 2.79 bits per heavy atom. The number of aromatic amines is 1. The van der Waals surface area contributed by atoms with E-state index in [0.717, 1.165) is 0 Å². The third kappa shape index (κ3) is 3.06. The number of imidazole rings is 1. The van der Waals surface area contributed by atoms with Gasteiger partial charge < -0.3 is 30.5 Å². The van der Waals surface area contributed by atoms with Gasteiger partial charge in [-0.05, 0) is 0 Å². The number of aromatic nitrogens is 4. The van der Waals surface area contributed by atoms with E-state index in [4.69, 9.17) is 20.3 Å². The molecule has 0 saturated carbocycles. The molecule has 1 fully saturated rings. The Bertz CT molecular complexity index is 861. The van der Waals surface area contributed by atoms with Crippen molar-refractivity contribution in [1.82, 2.24) is 19.5 Å². The first-order valence-electron chi connectivity index (χ1n) is 6.61. The zero-order valence-electron chi connectivity index (χ0n) is 11.9. The lowest BCUT2D eigenvalue weighted by Gasteiger charge is -2.16. The monoisotopic (exact) mass is 365 g/mol. The van der Waals surface area contributed by atoms with E-state index in [2.05, 4.69) is 19.5 Å². The van der Waals surface area contributed by atoms with Crippen molar-refractivity contribution in [2.45, 2.75) is 24.5 Å². The Kier molecular flexibility index (Phi) is 4.17. The minimum atomic E-state index is -4.76. The lowest BCUT2D eigenvalue weighted by Crippen LogP contribution is -2.33. The van der Waals surface area contributed by atoms with Crippen LogP contribution in [-0.4, -0.2) is 64.4 Å². The van der Waals surface area contributed by atoms with Crippen molar-refractivity contribution in [3.63, 3.8) is 0 Å². The predicted molar refractivity (Wildman–Crippen MR) is 76.5 cm³/mol. The third-order valence-electron chi connectivity index (χ3n) is 3.47. The minimum absolute atomic E-state index is 0.0176. The molecule has 4 unspecified atom stereocenters. The van der Waals surface area contributed by atoms with Gasteiger partial charge in [-0.2, -0.15) is 4.98 Å². The molecule has 0 aromatic carbocycles. The van der Waals surface area contributed by atoms with Crippen LogP contribution in [0.4, 0.5) is 5.95 Å². The molecule has 0 radical (unpaired) electrons. The average Bonchev–Trinajstić information content (AvgIpc) is 3.00. The van der Waals surface area contributed by atoms with Crippen LogP contribution in [0, 0.1) is 0 Å². The summed E-state index contributed by atoms with van der Waals surface area (Å²) in [4.78, 5) is 39.1. The van der Waals surface area contributed by atoms with Crippen molar-refractivity contribution in [3.8, 4) is 0 Å². The van der Waals surface area contributed by atoms with Crippen molar-refractivity contribution >= 4 is 24.9 Å². The van der Waals surface area contributed by atoms with Crippen LogP contribution in [0.2, 0.25) is 0 Å². The highest BCUT2D eigenvalue weighted by Gasteiger charge is 2.45. The highest BCUT2D eigenvalue weighted by Crippen LogP contribution is 2.38. The van der Waals surface area contributed by atoms with Gasteiger partial charge in [-0.3, -0.25) is 18.9 Å². The van der Waals surface area contributed by atoms with Gasteiger partial charge in [0, 0.05) is 0 Å². The number of ether oxygens (including phenoxy) is 1. The van der Waals surface area contributed by atoms with E-state index in [1.165, 1.54) is 10.9 Å². The molecule has 132 valence electrons. The largest absolute Gasteiger partial charge is 0.469 e. The van der Waals surface area contributed by atoms with Crippen molar-refractivity contribution in [2.75, 3.05) is 12.3 Å². The summed E-state index contributed by atoms with van der Waals surface area (Å²) in [7, 11) is -4.76. The van der Waals surface area contributed by atoms with Crippen LogP contribution in [0.15, 0.2) is 11.1 Å². The number of hydrogen-bond donors (Lipinski definition) is 6. The van der Waals surface area contributed by atoms with Crippen molar-refractivity contribution in [3.05, 3.63) is 16.7 Å². The molecular formula is C10H14N5O8P. The fourth-order valence-electron chi connectivity index (χ4n) is 2.40. The van der Waals surface area contributed by atoms with Gasteiger partial charge in [-0.25, -0.2) is 9.55 Å². The molecule has 1 aliphatic heterocycles. The minimum Gasteiger partial charge on any atom is -0.387 e. The molecule has 0 spiro atoms. The van der Waals surface area contributed by atoms with E-state index in [1.807, 2.05) is 0 Å². The number of nitrogens with zero attached hydrogens (tertiary/aromatic N) is 3. The van der Waals surface area contributed by atoms with Crippen LogP contribution >= 0.6 is 7.82 Å². The first-order valence-corrected chi connectivity index (χ1v) is 8.14. The summed E-state index contributed by atoms with van der Waals surface area (Å²) in [6, 6.07) is 0. The van der Waals surface area contributed by atoms with Crippen LogP contribution in [0.5, 0.6) is 0 Å². The lowest BCUT2D eigenvalue weighted by atomic mass is 10.1. The number of phosphoric ester groups is 1. The van der Waals surface area contributed by atoms with Gasteiger partial charge in [0.25, 0.3) is 5.56 Å². The molecule has 14 heteroatoms. The fourth-order valence-corrected chi connectivity index (χ4v) is 2.74. The normalized spacial score (nSPS) is 27.8. The zero-order chi connectivity index (χ0) is 17.6. The SMILES string of the molecule is Nc1nc2c(n[14cH]n2C2OC(COP(=O)(O)O)C(O)C2O)c(=O)[nH]1. The summed E-state index contributed by atoms with van der Waals surface area (Å²) in [6.07, 6.45) is -4.22. The number of H-pyrrole nitrogens is 1. The van der Waals surface area contributed by atoms with E-state index in [1.54, 1.807) is 0 Å². The number of nitrogen functional groups attached to an aromatic ring is 1. The van der Waals surface area contributed by atoms with E-state index < -0.39 is 44.5 Å². The molecule has 3 rings (SSSR count). The Hall–Kier alpha value is -1.86. The second kappa shape index (κ2) is 5.89. The molecule has 4 atom stereocenters. The number of anilines is 1. The average molecular weight is 365 g/mol. The van der Waals surface area contributed by atoms with Gasteiger partial charge in [-0.1, -0.05) is 0 Å². The zero-order valence-corrected chi connectivity index (χ0v) is 12.8. The molecule has 2 aromatic heterocycles. The number of nitrogens with one attached hydrogen (secondary N) is 1. The molecule has 1 aliphatic rings. The second-order valence-electron chi connectivity index (χ2n) is 5.11. The maximum atomic E-state index is 11.7. The summed E-state index contributed by atoms with van der Waals surface area (Å²) < 4.78 is 21.6. The standard InChI is InChI=1S/C10H14N5O8P/c11-10-13-7-4(8(18)14-10)12-2-15(7)9-6(17)5(16)3(23-9)1-22-24(19,20)21/h2-3,5-6,9,16-17H,1H2,(H2,19,20,21)(H3,11,13,14,18)/i2+2. The Balaban J connectivity index is 1.90. The second-order valence-corrected chi connectivity index (χ2v) is 6.35. The number of aliphatic hydroxyl groups is 2. The molecule has 0 aliphatic carbocycles. The van der Waals surface area contributed by atoms with E-state index in [9.17, 15) is 19.6 Å². The number of rotatable bonds is 4. The third-order valence-corrected chi connectivity index (χ3v) is 3.95. The number of nitrogens with two attached hydrogens (primary N) is 1. The predicted octanol–water partition coefficient (Wildman–Crippen LogP) is -2.57. The maximum Gasteiger partial charge on any atom is 0.469 e. The number of aliphatic hydroxyl groups excluding tert-OH is 2. The van der Waals surface area contributed by atoms with Crippen molar-refractivity contribution in [2.24, 2.45) is 0 Å². The Morgan fingerprint density at radius 1 is 1.42 bits per heavy atom. The Labute approximate surface area is 132 Å².